The molecule has 2 aromatic rings. The Hall–Kier alpha value is -0.950. The second-order valence-electron chi connectivity index (χ2n) is 4.61. The number of hydrogen-bond acceptors (Lipinski definition) is 4. The molecule has 22 heavy (non-hydrogen) atoms. The Morgan fingerprint density at radius 3 is 2.32 bits per heavy atom. The second-order valence-corrected chi connectivity index (χ2v) is 8.36. The van der Waals surface area contributed by atoms with Crippen LogP contribution in [0.25, 0.3) is 0 Å². The third kappa shape index (κ3) is 5.35. The van der Waals surface area contributed by atoms with Gasteiger partial charge in [-0.25, -0.2) is 13.1 Å². The van der Waals surface area contributed by atoms with E-state index in [0.717, 1.165) is 16.4 Å². The SMILES string of the molecule is CSc1ccc(S(=O)(=O)NCCSCc2ccccc2)cc1. The van der Waals surface area contributed by atoms with Crippen LogP contribution in [0.2, 0.25) is 0 Å². The molecule has 6 heteroatoms. The highest BCUT2D eigenvalue weighted by Crippen LogP contribution is 2.17. The van der Waals surface area contributed by atoms with Gasteiger partial charge in [0.2, 0.25) is 10.0 Å². The molecule has 0 atom stereocenters. The van der Waals surface area contributed by atoms with Crippen molar-refractivity contribution in [2.45, 2.75) is 15.5 Å². The molecule has 0 aliphatic carbocycles. The number of nitrogens with one attached hydrogen (secondary N) is 1. The van der Waals surface area contributed by atoms with E-state index in [2.05, 4.69) is 16.9 Å². The van der Waals surface area contributed by atoms with E-state index in [4.69, 9.17) is 0 Å². The predicted molar refractivity (Wildman–Crippen MR) is 96.0 cm³/mol. The number of rotatable bonds is 8. The number of thioether (sulfide) groups is 2. The van der Waals surface area contributed by atoms with Crippen LogP contribution in [0.15, 0.2) is 64.4 Å². The first-order chi connectivity index (χ1) is 10.6. The monoisotopic (exact) mass is 353 g/mol. The van der Waals surface area contributed by atoms with Crippen LogP contribution in [0.4, 0.5) is 0 Å². The lowest BCUT2D eigenvalue weighted by atomic mass is 10.2. The van der Waals surface area contributed by atoms with Crippen LogP contribution in [0, 0.1) is 0 Å². The first-order valence-electron chi connectivity index (χ1n) is 6.87. The summed E-state index contributed by atoms with van der Waals surface area (Å²) >= 11 is 3.31. The van der Waals surface area contributed by atoms with Crippen molar-refractivity contribution >= 4 is 33.5 Å². The van der Waals surface area contributed by atoms with Gasteiger partial charge >= 0.3 is 0 Å². The zero-order valence-electron chi connectivity index (χ0n) is 12.4. The van der Waals surface area contributed by atoms with Gasteiger partial charge in [-0.15, -0.1) is 11.8 Å². The Labute approximate surface area is 141 Å². The minimum absolute atomic E-state index is 0.318. The number of sulfonamides is 1. The molecule has 0 aliphatic heterocycles. The number of benzene rings is 2. The van der Waals surface area contributed by atoms with Gasteiger partial charge in [-0.05, 0) is 36.1 Å². The van der Waals surface area contributed by atoms with Gasteiger partial charge in [0.05, 0.1) is 4.90 Å². The first kappa shape index (κ1) is 17.4. The van der Waals surface area contributed by atoms with Gasteiger partial charge in [0.25, 0.3) is 0 Å². The van der Waals surface area contributed by atoms with E-state index in [1.165, 1.54) is 5.56 Å². The molecule has 0 amide bonds. The standard InChI is InChI=1S/C16H19NO2S3/c1-20-15-7-9-16(10-8-15)22(18,19)17-11-12-21-13-14-5-3-2-4-6-14/h2-10,17H,11-13H2,1H3. The minimum Gasteiger partial charge on any atom is -0.210 e. The third-order valence-corrected chi connectivity index (χ3v) is 6.27. The fraction of sp³-hybridized carbons (Fsp3) is 0.250. The van der Waals surface area contributed by atoms with Crippen LogP contribution in [0.5, 0.6) is 0 Å². The molecule has 1 N–H and O–H groups in total. The van der Waals surface area contributed by atoms with Gasteiger partial charge < -0.3 is 0 Å². The molecule has 2 aromatic carbocycles. The Kier molecular flexibility index (Phi) is 6.82. The van der Waals surface area contributed by atoms with Gasteiger partial charge in [0.15, 0.2) is 0 Å². The van der Waals surface area contributed by atoms with Crippen LogP contribution in [0.1, 0.15) is 5.56 Å². The molecule has 0 aromatic heterocycles. The van der Waals surface area contributed by atoms with Crippen LogP contribution < -0.4 is 4.72 Å². The highest BCUT2D eigenvalue weighted by Gasteiger charge is 2.12. The average molecular weight is 354 g/mol. The van der Waals surface area contributed by atoms with E-state index < -0.39 is 10.0 Å². The van der Waals surface area contributed by atoms with Crippen molar-refractivity contribution in [2.24, 2.45) is 0 Å². The lowest BCUT2D eigenvalue weighted by Gasteiger charge is -2.07. The molecule has 0 spiro atoms. The Morgan fingerprint density at radius 1 is 1.00 bits per heavy atom. The minimum atomic E-state index is -3.40. The fourth-order valence-corrected chi connectivity index (χ4v) is 4.24. The maximum absolute atomic E-state index is 12.1. The molecule has 0 aliphatic rings. The smallest absolute Gasteiger partial charge is 0.210 e. The third-order valence-electron chi connectivity index (χ3n) is 3.02. The summed E-state index contributed by atoms with van der Waals surface area (Å²) in [7, 11) is -3.40. The van der Waals surface area contributed by atoms with E-state index in [-0.39, 0.29) is 0 Å². The molecule has 3 nitrogen and oxygen atoms in total. The van der Waals surface area contributed by atoms with E-state index in [1.54, 1.807) is 35.7 Å². The van der Waals surface area contributed by atoms with Crippen molar-refractivity contribution in [3.8, 4) is 0 Å². The lowest BCUT2D eigenvalue weighted by Crippen LogP contribution is -2.26. The molecular formula is C16H19NO2S3. The first-order valence-corrected chi connectivity index (χ1v) is 10.7. The quantitative estimate of drug-likeness (QED) is 0.582. The number of hydrogen-bond donors (Lipinski definition) is 1. The Morgan fingerprint density at radius 2 is 1.68 bits per heavy atom. The summed E-state index contributed by atoms with van der Waals surface area (Å²) in [6.45, 7) is 0.435. The Bertz CT molecular complexity index is 670. The van der Waals surface area contributed by atoms with Crippen LogP contribution in [-0.4, -0.2) is 27.0 Å². The maximum Gasteiger partial charge on any atom is 0.240 e. The zero-order valence-corrected chi connectivity index (χ0v) is 14.8. The van der Waals surface area contributed by atoms with Gasteiger partial charge in [0, 0.05) is 22.9 Å². The second kappa shape index (κ2) is 8.62. The van der Waals surface area contributed by atoms with Gasteiger partial charge in [-0.1, -0.05) is 30.3 Å². The molecule has 2 rings (SSSR count). The highest BCUT2D eigenvalue weighted by molar-refractivity contribution is 7.98. The van der Waals surface area contributed by atoms with Crippen molar-refractivity contribution in [1.82, 2.24) is 4.72 Å². The topological polar surface area (TPSA) is 46.2 Å². The van der Waals surface area contributed by atoms with Crippen LogP contribution in [0.3, 0.4) is 0 Å². The zero-order chi connectivity index (χ0) is 15.8. The molecule has 0 radical (unpaired) electrons. The van der Waals surface area contributed by atoms with Crippen molar-refractivity contribution in [2.75, 3.05) is 18.6 Å². The van der Waals surface area contributed by atoms with E-state index in [9.17, 15) is 8.42 Å². The fourth-order valence-electron chi connectivity index (χ4n) is 1.85. The molecule has 0 saturated carbocycles. The summed E-state index contributed by atoms with van der Waals surface area (Å²) in [5.74, 6) is 1.64. The summed E-state index contributed by atoms with van der Waals surface area (Å²) in [5.41, 5.74) is 1.25. The largest absolute Gasteiger partial charge is 0.240 e. The van der Waals surface area contributed by atoms with Crippen LogP contribution >= 0.6 is 23.5 Å². The predicted octanol–water partition coefficient (Wildman–Crippen LogP) is 3.62. The Balaban J connectivity index is 1.77. The van der Waals surface area contributed by atoms with E-state index in [0.29, 0.717) is 11.4 Å². The van der Waals surface area contributed by atoms with E-state index >= 15 is 0 Å². The van der Waals surface area contributed by atoms with Gasteiger partial charge in [0.1, 0.15) is 0 Å². The summed E-state index contributed by atoms with van der Waals surface area (Å²) in [4.78, 5) is 1.37. The normalized spacial score (nSPS) is 11.5. The summed E-state index contributed by atoms with van der Waals surface area (Å²) in [6.07, 6.45) is 1.96. The van der Waals surface area contributed by atoms with Crippen molar-refractivity contribution < 1.29 is 8.42 Å². The van der Waals surface area contributed by atoms with Crippen molar-refractivity contribution in [1.29, 1.82) is 0 Å². The highest BCUT2D eigenvalue weighted by atomic mass is 32.2. The summed E-state index contributed by atoms with van der Waals surface area (Å²) < 4.78 is 26.9. The maximum atomic E-state index is 12.1. The van der Waals surface area contributed by atoms with Crippen molar-refractivity contribution in [3.05, 3.63) is 60.2 Å². The molecule has 0 fully saturated rings. The molecule has 0 saturated heterocycles. The summed E-state index contributed by atoms with van der Waals surface area (Å²) in [5, 5.41) is 0. The summed E-state index contributed by atoms with van der Waals surface area (Å²) in [6, 6.07) is 17.1. The molecule has 118 valence electrons. The van der Waals surface area contributed by atoms with Gasteiger partial charge in [-0.3, -0.25) is 0 Å². The molecule has 0 bridgehead atoms. The lowest BCUT2D eigenvalue weighted by molar-refractivity contribution is 0.584. The van der Waals surface area contributed by atoms with Crippen molar-refractivity contribution in [3.63, 3.8) is 0 Å². The molecule has 0 heterocycles. The van der Waals surface area contributed by atoms with E-state index in [1.807, 2.05) is 36.6 Å². The molecule has 0 unspecified atom stereocenters. The average Bonchev–Trinajstić information content (AvgIpc) is 2.55. The van der Waals surface area contributed by atoms with Crippen LogP contribution in [-0.2, 0) is 15.8 Å². The van der Waals surface area contributed by atoms with Gasteiger partial charge in [-0.2, -0.15) is 11.8 Å². The molecular weight excluding hydrogens is 334 g/mol.